The highest BCUT2D eigenvalue weighted by Crippen LogP contribution is 2.27. The Bertz CT molecular complexity index is 424. The van der Waals surface area contributed by atoms with E-state index in [4.69, 9.17) is 10.5 Å². The van der Waals surface area contributed by atoms with Crippen LogP contribution in [0.3, 0.4) is 0 Å². The molecule has 2 unspecified atom stereocenters. The standard InChI is InChI=1S/C14H24N4O/c1-4-19-14-7-13(16-11(3)17-14)18-9-12(8-15)6-5-10(18)2/h7,10,12H,4-6,8-9,15H2,1-3H3. The predicted octanol–water partition coefficient (Wildman–Crippen LogP) is 1.75. The maximum atomic E-state index is 5.81. The molecule has 5 nitrogen and oxygen atoms in total. The Balaban J connectivity index is 2.23. The molecular weight excluding hydrogens is 240 g/mol. The van der Waals surface area contributed by atoms with Gasteiger partial charge in [0.05, 0.1) is 6.61 Å². The summed E-state index contributed by atoms with van der Waals surface area (Å²) in [5.74, 6) is 2.93. The molecule has 0 bridgehead atoms. The number of hydrogen-bond acceptors (Lipinski definition) is 5. The summed E-state index contributed by atoms with van der Waals surface area (Å²) in [6.07, 6.45) is 2.37. The number of anilines is 1. The van der Waals surface area contributed by atoms with Gasteiger partial charge in [-0.2, -0.15) is 4.98 Å². The third-order valence-electron chi connectivity index (χ3n) is 3.70. The lowest BCUT2D eigenvalue weighted by Gasteiger charge is -2.38. The highest BCUT2D eigenvalue weighted by atomic mass is 16.5. The summed E-state index contributed by atoms with van der Waals surface area (Å²) >= 11 is 0. The van der Waals surface area contributed by atoms with Gasteiger partial charge in [-0.25, -0.2) is 4.98 Å². The van der Waals surface area contributed by atoms with Gasteiger partial charge in [-0.15, -0.1) is 0 Å². The van der Waals surface area contributed by atoms with Gasteiger partial charge in [0.25, 0.3) is 0 Å². The molecule has 2 N–H and O–H groups in total. The molecule has 2 rings (SSSR count). The molecule has 0 spiro atoms. The van der Waals surface area contributed by atoms with Crippen molar-refractivity contribution in [2.24, 2.45) is 11.7 Å². The lowest BCUT2D eigenvalue weighted by Crippen LogP contribution is -2.44. The summed E-state index contributed by atoms with van der Waals surface area (Å²) in [4.78, 5) is 11.2. The Labute approximate surface area is 115 Å². The molecule has 1 aromatic rings. The van der Waals surface area contributed by atoms with E-state index in [0.717, 1.165) is 31.2 Å². The SMILES string of the molecule is CCOc1cc(N2CC(CN)CCC2C)nc(C)n1. The molecule has 0 aromatic carbocycles. The molecule has 1 aromatic heterocycles. The summed E-state index contributed by atoms with van der Waals surface area (Å²) in [6, 6.07) is 2.43. The summed E-state index contributed by atoms with van der Waals surface area (Å²) in [7, 11) is 0. The fraction of sp³-hybridized carbons (Fsp3) is 0.714. The Hall–Kier alpha value is -1.36. The molecule has 0 saturated carbocycles. The molecule has 1 saturated heterocycles. The number of aromatic nitrogens is 2. The fourth-order valence-corrected chi connectivity index (χ4v) is 2.59. The van der Waals surface area contributed by atoms with Crippen LogP contribution in [0.4, 0.5) is 5.82 Å². The van der Waals surface area contributed by atoms with Crippen LogP contribution in [0.1, 0.15) is 32.5 Å². The van der Waals surface area contributed by atoms with E-state index in [0.29, 0.717) is 24.4 Å². The molecule has 106 valence electrons. The molecule has 0 radical (unpaired) electrons. The Morgan fingerprint density at radius 3 is 2.89 bits per heavy atom. The van der Waals surface area contributed by atoms with Gasteiger partial charge in [0.1, 0.15) is 11.6 Å². The van der Waals surface area contributed by atoms with E-state index in [9.17, 15) is 0 Å². The second-order valence-corrected chi connectivity index (χ2v) is 5.23. The van der Waals surface area contributed by atoms with E-state index in [1.807, 2.05) is 19.9 Å². The van der Waals surface area contributed by atoms with Gasteiger partial charge in [0.2, 0.25) is 5.88 Å². The minimum Gasteiger partial charge on any atom is -0.478 e. The molecule has 1 aliphatic heterocycles. The molecule has 2 atom stereocenters. The van der Waals surface area contributed by atoms with Crippen molar-refractivity contribution in [3.8, 4) is 5.88 Å². The van der Waals surface area contributed by atoms with Crippen molar-refractivity contribution in [1.82, 2.24) is 9.97 Å². The average molecular weight is 264 g/mol. The van der Waals surface area contributed by atoms with Crippen molar-refractivity contribution < 1.29 is 4.74 Å². The normalized spacial score (nSPS) is 23.5. The first kappa shape index (κ1) is 14.1. The maximum Gasteiger partial charge on any atom is 0.218 e. The van der Waals surface area contributed by atoms with Crippen molar-refractivity contribution in [2.45, 2.75) is 39.7 Å². The number of ether oxygens (including phenoxy) is 1. The molecule has 2 heterocycles. The number of nitrogens with zero attached hydrogens (tertiary/aromatic N) is 3. The first-order valence-electron chi connectivity index (χ1n) is 7.09. The topological polar surface area (TPSA) is 64.3 Å². The first-order valence-corrected chi connectivity index (χ1v) is 7.09. The number of nitrogens with two attached hydrogens (primary N) is 1. The molecule has 1 aliphatic rings. The minimum atomic E-state index is 0.492. The zero-order valence-electron chi connectivity index (χ0n) is 12.1. The lowest BCUT2D eigenvalue weighted by molar-refractivity contribution is 0.324. The Morgan fingerprint density at radius 2 is 2.21 bits per heavy atom. The first-order chi connectivity index (χ1) is 9.13. The van der Waals surface area contributed by atoms with Crippen molar-refractivity contribution in [3.63, 3.8) is 0 Å². The highest BCUT2D eigenvalue weighted by molar-refractivity contribution is 5.43. The van der Waals surface area contributed by atoms with E-state index in [2.05, 4.69) is 21.8 Å². The monoisotopic (exact) mass is 264 g/mol. The van der Waals surface area contributed by atoms with Gasteiger partial charge < -0.3 is 15.4 Å². The van der Waals surface area contributed by atoms with E-state index in [1.54, 1.807) is 0 Å². The molecule has 5 heteroatoms. The maximum absolute atomic E-state index is 5.81. The van der Waals surface area contributed by atoms with Gasteiger partial charge in [-0.05, 0) is 46.1 Å². The van der Waals surface area contributed by atoms with E-state index < -0.39 is 0 Å². The van der Waals surface area contributed by atoms with Crippen LogP contribution >= 0.6 is 0 Å². The summed E-state index contributed by atoms with van der Waals surface area (Å²) in [6.45, 7) is 8.44. The third kappa shape index (κ3) is 3.35. The molecule has 19 heavy (non-hydrogen) atoms. The smallest absolute Gasteiger partial charge is 0.218 e. The lowest BCUT2D eigenvalue weighted by atomic mass is 9.93. The van der Waals surface area contributed by atoms with Crippen LogP contribution in [-0.2, 0) is 0 Å². The van der Waals surface area contributed by atoms with Crippen LogP contribution in [0.2, 0.25) is 0 Å². The third-order valence-corrected chi connectivity index (χ3v) is 3.70. The number of rotatable bonds is 4. The largest absolute Gasteiger partial charge is 0.478 e. The van der Waals surface area contributed by atoms with Crippen molar-refractivity contribution >= 4 is 5.82 Å². The molecular formula is C14H24N4O. The van der Waals surface area contributed by atoms with Crippen LogP contribution in [-0.4, -0.2) is 35.7 Å². The van der Waals surface area contributed by atoms with Gasteiger partial charge >= 0.3 is 0 Å². The number of aryl methyl sites for hydroxylation is 1. The van der Waals surface area contributed by atoms with Gasteiger partial charge in [0.15, 0.2) is 0 Å². The van der Waals surface area contributed by atoms with Crippen molar-refractivity contribution in [3.05, 3.63) is 11.9 Å². The summed E-state index contributed by atoms with van der Waals surface area (Å²) in [5.41, 5.74) is 5.81. The zero-order valence-corrected chi connectivity index (χ0v) is 12.1. The van der Waals surface area contributed by atoms with Gasteiger partial charge in [-0.3, -0.25) is 0 Å². The average Bonchev–Trinajstić information content (AvgIpc) is 2.39. The Kier molecular flexibility index (Phi) is 4.58. The van der Waals surface area contributed by atoms with Crippen molar-refractivity contribution in [1.29, 1.82) is 0 Å². The second kappa shape index (κ2) is 6.19. The van der Waals surface area contributed by atoms with Crippen LogP contribution in [0, 0.1) is 12.8 Å². The summed E-state index contributed by atoms with van der Waals surface area (Å²) < 4.78 is 5.50. The van der Waals surface area contributed by atoms with Crippen molar-refractivity contribution in [2.75, 3.05) is 24.6 Å². The Morgan fingerprint density at radius 1 is 1.42 bits per heavy atom. The quantitative estimate of drug-likeness (QED) is 0.897. The highest BCUT2D eigenvalue weighted by Gasteiger charge is 2.26. The van der Waals surface area contributed by atoms with Crippen LogP contribution in [0.5, 0.6) is 5.88 Å². The van der Waals surface area contributed by atoms with Crippen LogP contribution in [0.25, 0.3) is 0 Å². The number of hydrogen-bond donors (Lipinski definition) is 1. The summed E-state index contributed by atoms with van der Waals surface area (Å²) in [5, 5.41) is 0. The minimum absolute atomic E-state index is 0.492. The molecule has 0 aliphatic carbocycles. The second-order valence-electron chi connectivity index (χ2n) is 5.23. The molecule has 1 fully saturated rings. The van der Waals surface area contributed by atoms with E-state index in [-0.39, 0.29) is 0 Å². The van der Waals surface area contributed by atoms with Crippen LogP contribution in [0.15, 0.2) is 6.07 Å². The van der Waals surface area contributed by atoms with E-state index in [1.165, 1.54) is 6.42 Å². The number of piperidine rings is 1. The van der Waals surface area contributed by atoms with Gasteiger partial charge in [-0.1, -0.05) is 0 Å². The van der Waals surface area contributed by atoms with E-state index >= 15 is 0 Å². The predicted molar refractivity (Wildman–Crippen MR) is 76.5 cm³/mol. The zero-order chi connectivity index (χ0) is 13.8. The van der Waals surface area contributed by atoms with Gasteiger partial charge in [0, 0.05) is 18.7 Å². The van der Waals surface area contributed by atoms with Crippen LogP contribution < -0.4 is 15.4 Å². The fourth-order valence-electron chi connectivity index (χ4n) is 2.59. The molecule has 0 amide bonds.